The average molecular weight is 322 g/mol. The highest BCUT2D eigenvalue weighted by atomic mass is 19.3. The summed E-state index contributed by atoms with van der Waals surface area (Å²) in [6.07, 6.45) is -1.15. The molecule has 9 heteroatoms. The van der Waals surface area contributed by atoms with E-state index in [1.54, 1.807) is 0 Å². The predicted molar refractivity (Wildman–Crippen MR) is 55.5 cm³/mol. The smallest absolute Gasteiger partial charge is 0.370 e. The molecule has 0 amide bonds. The van der Waals surface area contributed by atoms with Crippen LogP contribution in [-0.2, 0) is 4.74 Å². The Morgan fingerprint density at radius 2 is 0.905 bits per heavy atom. The van der Waals surface area contributed by atoms with Crippen LogP contribution in [0.15, 0.2) is 22.7 Å². The van der Waals surface area contributed by atoms with Crippen LogP contribution in [0.4, 0.5) is 35.1 Å². The molecule has 0 aromatic rings. The molecule has 21 heavy (non-hydrogen) atoms. The van der Waals surface area contributed by atoms with Crippen molar-refractivity contribution in [1.29, 1.82) is 0 Å². The van der Waals surface area contributed by atoms with E-state index in [4.69, 9.17) is 0 Å². The van der Waals surface area contributed by atoms with Gasteiger partial charge in [-0.3, -0.25) is 0 Å². The van der Waals surface area contributed by atoms with Crippen molar-refractivity contribution in [3.8, 4) is 0 Å². The standard InChI is InChI=1S/C12H10F8O/c1-3-5-7(11(17,18)9(5,13)14)21-8-6(4-2)10(15,16)12(8,19)20/h3-4H2,1-2H3. The van der Waals surface area contributed by atoms with Gasteiger partial charge in [-0.1, -0.05) is 13.8 Å². The van der Waals surface area contributed by atoms with Gasteiger partial charge in [0.15, 0.2) is 11.5 Å². The normalized spacial score (nSPS) is 28.1. The average Bonchev–Trinajstić information content (AvgIpc) is 2.36. The van der Waals surface area contributed by atoms with Gasteiger partial charge >= 0.3 is 23.7 Å². The lowest BCUT2D eigenvalue weighted by atomic mass is 9.82. The van der Waals surface area contributed by atoms with Gasteiger partial charge in [-0.15, -0.1) is 0 Å². The molecule has 2 aliphatic rings. The third-order valence-corrected chi connectivity index (χ3v) is 3.58. The van der Waals surface area contributed by atoms with Gasteiger partial charge < -0.3 is 4.74 Å². The van der Waals surface area contributed by atoms with Crippen LogP contribution in [0.5, 0.6) is 0 Å². The highest BCUT2D eigenvalue weighted by Gasteiger charge is 2.76. The Bertz CT molecular complexity index is 495. The van der Waals surface area contributed by atoms with Crippen LogP contribution in [-0.4, -0.2) is 23.7 Å². The second kappa shape index (κ2) is 4.13. The van der Waals surface area contributed by atoms with E-state index in [1.165, 1.54) is 0 Å². The monoisotopic (exact) mass is 322 g/mol. The molecule has 0 aliphatic heterocycles. The van der Waals surface area contributed by atoms with Crippen molar-refractivity contribution in [2.45, 2.75) is 50.4 Å². The van der Waals surface area contributed by atoms with E-state index in [0.717, 1.165) is 13.8 Å². The van der Waals surface area contributed by atoms with E-state index in [2.05, 4.69) is 4.74 Å². The third kappa shape index (κ3) is 1.63. The Morgan fingerprint density at radius 3 is 1.14 bits per heavy atom. The van der Waals surface area contributed by atoms with E-state index >= 15 is 0 Å². The lowest BCUT2D eigenvalue weighted by molar-refractivity contribution is -0.245. The van der Waals surface area contributed by atoms with Crippen molar-refractivity contribution < 1.29 is 39.9 Å². The molecule has 2 rings (SSSR count). The molecule has 1 nitrogen and oxygen atoms in total. The highest BCUT2D eigenvalue weighted by Crippen LogP contribution is 2.62. The zero-order valence-electron chi connectivity index (χ0n) is 10.8. The van der Waals surface area contributed by atoms with Gasteiger partial charge in [0.05, 0.1) is 0 Å². The first kappa shape index (κ1) is 16.1. The minimum absolute atomic E-state index is 0.575. The fourth-order valence-corrected chi connectivity index (χ4v) is 2.32. The van der Waals surface area contributed by atoms with E-state index < -0.39 is 59.2 Å². The number of halogens is 8. The van der Waals surface area contributed by atoms with Crippen molar-refractivity contribution in [1.82, 2.24) is 0 Å². The van der Waals surface area contributed by atoms with Crippen molar-refractivity contribution in [3.05, 3.63) is 22.7 Å². The number of ether oxygens (including phenoxy) is 1. The fourth-order valence-electron chi connectivity index (χ4n) is 2.32. The molecule has 0 saturated heterocycles. The molecule has 0 radical (unpaired) electrons. The Hall–Kier alpha value is -1.28. The Labute approximate surface area is 114 Å². The number of rotatable bonds is 4. The predicted octanol–water partition coefficient (Wildman–Crippen LogP) is 4.90. The quantitative estimate of drug-likeness (QED) is 0.669. The first-order valence-corrected chi connectivity index (χ1v) is 6.04. The first-order valence-electron chi connectivity index (χ1n) is 6.04. The molecule has 2 aliphatic carbocycles. The van der Waals surface area contributed by atoms with Crippen LogP contribution in [0.25, 0.3) is 0 Å². The topological polar surface area (TPSA) is 9.23 Å². The van der Waals surface area contributed by atoms with Gasteiger partial charge in [0.1, 0.15) is 0 Å². The largest absolute Gasteiger partial charge is 0.452 e. The molecular weight excluding hydrogens is 312 g/mol. The maximum atomic E-state index is 13.2. The van der Waals surface area contributed by atoms with Gasteiger partial charge in [-0.05, 0) is 12.8 Å². The third-order valence-electron chi connectivity index (χ3n) is 3.58. The van der Waals surface area contributed by atoms with E-state index in [0.29, 0.717) is 0 Å². The SMILES string of the molecule is CCC1=C(OC2=C(CC)C(F)(F)C2(F)F)C(F)(F)C1(F)F. The number of hydrogen-bond acceptors (Lipinski definition) is 1. The Morgan fingerprint density at radius 1 is 0.619 bits per heavy atom. The zero-order valence-corrected chi connectivity index (χ0v) is 10.8. The summed E-state index contributed by atoms with van der Waals surface area (Å²) in [5.41, 5.74) is -2.33. The van der Waals surface area contributed by atoms with Crippen molar-refractivity contribution >= 4 is 0 Å². The molecule has 0 unspecified atom stereocenters. The van der Waals surface area contributed by atoms with Crippen molar-refractivity contribution in [2.75, 3.05) is 0 Å². The minimum atomic E-state index is -4.79. The summed E-state index contributed by atoms with van der Waals surface area (Å²) in [5, 5.41) is 0. The van der Waals surface area contributed by atoms with E-state index in [-0.39, 0.29) is 0 Å². The molecule has 0 N–H and O–H groups in total. The van der Waals surface area contributed by atoms with Crippen molar-refractivity contribution in [2.24, 2.45) is 0 Å². The molecule has 0 fully saturated rings. The summed E-state index contributed by atoms with van der Waals surface area (Å²) in [6, 6.07) is 0. The molecular formula is C12H10F8O. The molecule has 120 valence electrons. The number of hydrogen-bond donors (Lipinski definition) is 0. The second-order valence-corrected chi connectivity index (χ2v) is 4.72. The highest BCUT2D eigenvalue weighted by molar-refractivity contribution is 5.45. The van der Waals surface area contributed by atoms with Gasteiger partial charge in [-0.2, -0.15) is 35.1 Å². The minimum Gasteiger partial charge on any atom is -0.452 e. The first-order chi connectivity index (χ1) is 9.37. The maximum Gasteiger partial charge on any atom is 0.370 e. The van der Waals surface area contributed by atoms with Crippen LogP contribution < -0.4 is 0 Å². The number of alkyl halides is 8. The van der Waals surface area contributed by atoms with Crippen LogP contribution in [0.2, 0.25) is 0 Å². The van der Waals surface area contributed by atoms with Gasteiger partial charge in [-0.25, -0.2) is 0 Å². The van der Waals surface area contributed by atoms with Gasteiger partial charge in [0.2, 0.25) is 0 Å². The molecule has 0 aromatic carbocycles. The zero-order chi connectivity index (χ0) is 16.4. The Balaban J connectivity index is 2.44. The molecule has 0 aromatic heterocycles. The second-order valence-electron chi connectivity index (χ2n) is 4.72. The summed E-state index contributed by atoms with van der Waals surface area (Å²) in [4.78, 5) is 0. The van der Waals surface area contributed by atoms with Gasteiger partial charge in [0, 0.05) is 11.1 Å². The fraction of sp³-hybridized carbons (Fsp3) is 0.667. The van der Waals surface area contributed by atoms with Crippen LogP contribution >= 0.6 is 0 Å². The maximum absolute atomic E-state index is 13.2. The Kier molecular flexibility index (Phi) is 3.17. The molecule has 0 atom stereocenters. The van der Waals surface area contributed by atoms with E-state index in [9.17, 15) is 35.1 Å². The van der Waals surface area contributed by atoms with Crippen molar-refractivity contribution in [3.63, 3.8) is 0 Å². The molecule has 0 bridgehead atoms. The van der Waals surface area contributed by atoms with Crippen LogP contribution in [0, 0.1) is 0 Å². The summed E-state index contributed by atoms with van der Waals surface area (Å²) in [5.74, 6) is -21.9. The van der Waals surface area contributed by atoms with Crippen LogP contribution in [0.3, 0.4) is 0 Å². The van der Waals surface area contributed by atoms with Gasteiger partial charge in [0.25, 0.3) is 0 Å². The summed E-state index contributed by atoms with van der Waals surface area (Å²) in [6.45, 7) is 2.20. The summed E-state index contributed by atoms with van der Waals surface area (Å²) >= 11 is 0. The molecule has 0 saturated carbocycles. The van der Waals surface area contributed by atoms with E-state index in [1.807, 2.05) is 0 Å². The molecule has 0 spiro atoms. The number of allylic oxidation sites excluding steroid dienone is 4. The lowest BCUT2D eigenvalue weighted by Gasteiger charge is -2.45. The summed E-state index contributed by atoms with van der Waals surface area (Å²) < 4.78 is 109. The lowest BCUT2D eigenvalue weighted by Crippen LogP contribution is -2.58. The molecule has 0 heterocycles. The van der Waals surface area contributed by atoms with Crippen LogP contribution in [0.1, 0.15) is 26.7 Å². The summed E-state index contributed by atoms with van der Waals surface area (Å²) in [7, 11) is 0.